The number of pyridine rings is 1. The molecular formula is C44H37N5O. The van der Waals surface area contributed by atoms with Crippen LogP contribution in [0.25, 0.3) is 60.8 Å². The predicted molar refractivity (Wildman–Crippen MR) is 205 cm³/mol. The van der Waals surface area contributed by atoms with Crippen LogP contribution in [0.5, 0.6) is 11.5 Å². The summed E-state index contributed by atoms with van der Waals surface area (Å²) >= 11 is 0. The molecule has 4 heterocycles. The number of aromatic nitrogens is 5. The molecule has 0 saturated carbocycles. The molecule has 9 rings (SSSR count). The Bertz CT molecular complexity index is 2750. The lowest BCUT2D eigenvalue weighted by Gasteiger charge is -2.14. The van der Waals surface area contributed by atoms with Crippen molar-refractivity contribution in [2.45, 2.75) is 41.5 Å². The summed E-state index contributed by atoms with van der Waals surface area (Å²) in [6, 6.07) is 38.3. The average molecular weight is 652 g/mol. The Kier molecular flexibility index (Phi) is 6.71. The van der Waals surface area contributed by atoms with Gasteiger partial charge in [0.15, 0.2) is 0 Å². The molecule has 0 fully saturated rings. The SMILES string of the molecule is Cc1cc(C)n(-c2cccc(Oc3ccc4c5ccccc5n(-c5cc(-n6c7c(C)ccc(C)c7c7c(C)ccc(C)c76)ccn5)c4c3)c2)n1. The topological polar surface area (TPSA) is 49.8 Å². The average Bonchev–Trinajstić information content (AvgIpc) is 3.78. The van der Waals surface area contributed by atoms with Gasteiger partial charge in [-0.1, -0.05) is 48.5 Å². The first-order valence-corrected chi connectivity index (χ1v) is 17.1. The quantitative estimate of drug-likeness (QED) is 0.186. The Morgan fingerprint density at radius 2 is 1.20 bits per heavy atom. The van der Waals surface area contributed by atoms with Crippen LogP contribution < -0.4 is 4.74 Å². The van der Waals surface area contributed by atoms with Crippen molar-refractivity contribution in [3.05, 3.63) is 149 Å². The molecule has 0 aliphatic carbocycles. The standard InChI is InChI=1S/C44H37N5O/c1-26-14-16-28(3)43-41(26)42-27(2)15-17-29(4)44(42)47(43)32-20-21-45-40(24-32)48-38-13-8-7-12-36(38)37-19-18-35(25-39(37)48)50-34-11-9-10-33(23-34)49-31(6)22-30(5)46-49/h7-25H,1-6H3. The molecule has 50 heavy (non-hydrogen) atoms. The van der Waals surface area contributed by atoms with Gasteiger partial charge in [-0.25, -0.2) is 9.67 Å². The third-order valence-corrected chi connectivity index (χ3v) is 10.0. The number of rotatable bonds is 5. The zero-order chi connectivity index (χ0) is 34.3. The number of nitrogens with zero attached hydrogens (tertiary/aromatic N) is 5. The fraction of sp³-hybridized carbons (Fsp3) is 0.136. The highest BCUT2D eigenvalue weighted by atomic mass is 16.5. The summed E-state index contributed by atoms with van der Waals surface area (Å²) in [7, 11) is 0. The highest BCUT2D eigenvalue weighted by molar-refractivity contribution is 6.14. The van der Waals surface area contributed by atoms with Crippen LogP contribution >= 0.6 is 0 Å². The number of aryl methyl sites for hydroxylation is 6. The molecule has 0 aliphatic rings. The van der Waals surface area contributed by atoms with E-state index in [1.165, 1.54) is 49.4 Å². The maximum Gasteiger partial charge on any atom is 0.139 e. The van der Waals surface area contributed by atoms with Crippen LogP contribution in [0, 0.1) is 41.5 Å². The van der Waals surface area contributed by atoms with Crippen LogP contribution in [-0.4, -0.2) is 23.9 Å². The van der Waals surface area contributed by atoms with Crippen LogP contribution in [-0.2, 0) is 0 Å². The number of hydrogen-bond acceptors (Lipinski definition) is 3. The minimum absolute atomic E-state index is 0.750. The smallest absolute Gasteiger partial charge is 0.139 e. The Balaban J connectivity index is 1.22. The molecule has 6 nitrogen and oxygen atoms in total. The molecule has 9 aromatic rings. The number of para-hydroxylation sites is 1. The van der Waals surface area contributed by atoms with E-state index in [1.54, 1.807) is 0 Å². The molecule has 0 aliphatic heterocycles. The van der Waals surface area contributed by atoms with E-state index in [0.717, 1.165) is 56.5 Å². The third-order valence-electron chi connectivity index (χ3n) is 10.0. The molecule has 0 radical (unpaired) electrons. The maximum atomic E-state index is 6.53. The van der Waals surface area contributed by atoms with Crippen molar-refractivity contribution in [3.63, 3.8) is 0 Å². The molecule has 0 atom stereocenters. The first kappa shape index (κ1) is 30.0. The van der Waals surface area contributed by atoms with Gasteiger partial charge in [-0.05, 0) is 106 Å². The van der Waals surface area contributed by atoms with Crippen LogP contribution in [0.15, 0.2) is 115 Å². The Morgan fingerprint density at radius 3 is 1.92 bits per heavy atom. The van der Waals surface area contributed by atoms with Crippen LogP contribution in [0.4, 0.5) is 0 Å². The summed E-state index contributed by atoms with van der Waals surface area (Å²) in [5.74, 6) is 2.35. The molecule has 0 unspecified atom stereocenters. The van der Waals surface area contributed by atoms with Gasteiger partial charge in [0.25, 0.3) is 0 Å². The third kappa shape index (κ3) is 4.56. The largest absolute Gasteiger partial charge is 0.457 e. The predicted octanol–water partition coefficient (Wildman–Crippen LogP) is 11.1. The van der Waals surface area contributed by atoms with Gasteiger partial charge in [-0.2, -0.15) is 5.10 Å². The van der Waals surface area contributed by atoms with E-state index in [2.05, 4.69) is 134 Å². The first-order chi connectivity index (χ1) is 24.3. The van der Waals surface area contributed by atoms with Gasteiger partial charge < -0.3 is 9.30 Å². The lowest BCUT2D eigenvalue weighted by molar-refractivity contribution is 0.482. The van der Waals surface area contributed by atoms with Crippen molar-refractivity contribution in [1.29, 1.82) is 0 Å². The van der Waals surface area contributed by atoms with Gasteiger partial charge in [-0.15, -0.1) is 0 Å². The molecule has 0 spiro atoms. The maximum absolute atomic E-state index is 6.53. The van der Waals surface area contributed by atoms with Crippen molar-refractivity contribution in [2.75, 3.05) is 0 Å². The van der Waals surface area contributed by atoms with Crippen LogP contribution in [0.3, 0.4) is 0 Å². The van der Waals surface area contributed by atoms with Crippen molar-refractivity contribution in [1.82, 2.24) is 23.9 Å². The Hall–Kier alpha value is -6.14. The van der Waals surface area contributed by atoms with Gasteiger partial charge in [0, 0.05) is 51.6 Å². The van der Waals surface area contributed by atoms with Crippen LogP contribution in [0.1, 0.15) is 33.6 Å². The van der Waals surface area contributed by atoms with E-state index in [1.807, 2.05) is 42.1 Å². The van der Waals surface area contributed by atoms with Gasteiger partial charge in [-0.3, -0.25) is 4.57 Å². The lowest BCUT2D eigenvalue weighted by Crippen LogP contribution is -2.02. The molecular weight excluding hydrogens is 615 g/mol. The van der Waals surface area contributed by atoms with E-state index >= 15 is 0 Å². The highest BCUT2D eigenvalue weighted by Crippen LogP contribution is 2.40. The molecule has 0 amide bonds. The van der Waals surface area contributed by atoms with Crippen molar-refractivity contribution in [3.8, 4) is 28.7 Å². The summed E-state index contributed by atoms with van der Waals surface area (Å²) in [6.45, 7) is 12.9. The Labute approximate surface area is 290 Å². The molecule has 6 heteroatoms. The summed E-state index contributed by atoms with van der Waals surface area (Å²) in [4.78, 5) is 5.00. The van der Waals surface area contributed by atoms with Crippen LogP contribution in [0.2, 0.25) is 0 Å². The van der Waals surface area contributed by atoms with Crippen molar-refractivity contribution >= 4 is 43.6 Å². The summed E-state index contributed by atoms with van der Waals surface area (Å²) in [5.41, 5.74) is 13.8. The summed E-state index contributed by atoms with van der Waals surface area (Å²) < 4.78 is 13.2. The van der Waals surface area contributed by atoms with E-state index in [9.17, 15) is 0 Å². The number of hydrogen-bond donors (Lipinski definition) is 0. The summed E-state index contributed by atoms with van der Waals surface area (Å²) in [5, 5.41) is 9.62. The lowest BCUT2D eigenvalue weighted by atomic mass is 10.0. The van der Waals surface area contributed by atoms with E-state index < -0.39 is 0 Å². The zero-order valence-electron chi connectivity index (χ0n) is 29.1. The van der Waals surface area contributed by atoms with Gasteiger partial charge in [0.2, 0.25) is 0 Å². The second-order valence-corrected chi connectivity index (χ2v) is 13.5. The van der Waals surface area contributed by atoms with Crippen molar-refractivity contribution < 1.29 is 4.74 Å². The monoisotopic (exact) mass is 651 g/mol. The molecule has 5 aromatic carbocycles. The van der Waals surface area contributed by atoms with Gasteiger partial charge >= 0.3 is 0 Å². The fourth-order valence-electron chi connectivity index (χ4n) is 7.80. The number of benzene rings is 5. The fourth-order valence-corrected chi connectivity index (χ4v) is 7.80. The molecule has 0 bridgehead atoms. The zero-order valence-corrected chi connectivity index (χ0v) is 29.1. The number of fused-ring (bicyclic) bond motifs is 6. The molecule has 0 N–H and O–H groups in total. The normalized spacial score (nSPS) is 11.8. The minimum Gasteiger partial charge on any atom is -0.457 e. The Morgan fingerprint density at radius 1 is 0.520 bits per heavy atom. The van der Waals surface area contributed by atoms with E-state index in [-0.39, 0.29) is 0 Å². The molecule has 244 valence electrons. The van der Waals surface area contributed by atoms with Crippen molar-refractivity contribution in [2.24, 2.45) is 0 Å². The minimum atomic E-state index is 0.750. The van der Waals surface area contributed by atoms with E-state index in [4.69, 9.17) is 9.72 Å². The molecule has 0 saturated heterocycles. The van der Waals surface area contributed by atoms with E-state index in [0.29, 0.717) is 0 Å². The second-order valence-electron chi connectivity index (χ2n) is 13.5. The highest BCUT2D eigenvalue weighted by Gasteiger charge is 2.21. The number of ether oxygens (including phenoxy) is 1. The first-order valence-electron chi connectivity index (χ1n) is 17.1. The summed E-state index contributed by atoms with van der Waals surface area (Å²) in [6.07, 6.45) is 1.93. The second kappa shape index (κ2) is 11.2. The van der Waals surface area contributed by atoms with Gasteiger partial charge in [0.05, 0.1) is 39.1 Å². The van der Waals surface area contributed by atoms with Gasteiger partial charge in [0.1, 0.15) is 17.3 Å². The molecule has 4 aromatic heterocycles.